The minimum absolute atomic E-state index is 0.0634. The molecule has 0 radical (unpaired) electrons. The summed E-state index contributed by atoms with van der Waals surface area (Å²) in [5.41, 5.74) is 11.5. The van der Waals surface area contributed by atoms with Crippen LogP contribution in [0.1, 0.15) is 86.2 Å². The minimum atomic E-state index is -0.192. The standard InChI is InChI=1S/C48H46N2O2/c1-34-8-24-42(25-9-34)49(43-26-10-35(2)11-27-43)46(51)38-16-20-40(21-17-38)48(32-6-5-7-33-48)41-22-18-39(19-23-41)47(52)50(44-28-12-36(3)13-29-44)45-30-14-37(4)15-31-45/h8-31H,5-7,32-33H2,1-4H3. The average Bonchev–Trinajstić information content (AvgIpc) is 3.18. The Balaban J connectivity index is 1.20. The molecule has 0 aliphatic heterocycles. The zero-order valence-electron chi connectivity index (χ0n) is 30.6. The Morgan fingerprint density at radius 2 is 0.654 bits per heavy atom. The van der Waals surface area contributed by atoms with Crippen LogP contribution in [0.25, 0.3) is 0 Å². The number of anilines is 4. The SMILES string of the molecule is Cc1ccc(N(C(=O)c2ccc(C3(c4ccc(C(=O)N(c5ccc(C)cc5)c5ccc(C)cc5)cc4)CCCCC3)cc2)c2ccc(C)cc2)cc1. The largest absolute Gasteiger partial charge is 0.277 e. The molecule has 6 aromatic carbocycles. The lowest BCUT2D eigenvalue weighted by Crippen LogP contribution is -2.31. The van der Waals surface area contributed by atoms with Crippen molar-refractivity contribution in [2.24, 2.45) is 0 Å². The fourth-order valence-electron chi connectivity index (χ4n) is 7.56. The summed E-state index contributed by atoms with van der Waals surface area (Å²) in [6, 6.07) is 49.0. The first-order chi connectivity index (χ1) is 25.2. The highest BCUT2D eigenvalue weighted by Gasteiger charge is 2.36. The topological polar surface area (TPSA) is 40.6 Å². The van der Waals surface area contributed by atoms with Crippen molar-refractivity contribution >= 4 is 34.6 Å². The van der Waals surface area contributed by atoms with Gasteiger partial charge in [-0.05, 0) is 124 Å². The predicted octanol–water partition coefficient (Wildman–Crippen LogP) is 12.1. The van der Waals surface area contributed by atoms with E-state index >= 15 is 0 Å². The molecule has 260 valence electrons. The van der Waals surface area contributed by atoms with Crippen molar-refractivity contribution < 1.29 is 9.59 Å². The highest BCUT2D eigenvalue weighted by molar-refractivity contribution is 6.11. The molecule has 0 heterocycles. The molecule has 0 unspecified atom stereocenters. The number of hydrogen-bond donors (Lipinski definition) is 0. The second-order valence-electron chi connectivity index (χ2n) is 14.4. The molecule has 4 heteroatoms. The molecule has 0 bridgehead atoms. The first-order valence-corrected chi connectivity index (χ1v) is 18.4. The zero-order valence-corrected chi connectivity index (χ0v) is 30.6. The number of amides is 2. The zero-order chi connectivity index (χ0) is 36.2. The van der Waals surface area contributed by atoms with Crippen LogP contribution in [0.2, 0.25) is 0 Å². The normalized spacial score (nSPS) is 13.7. The van der Waals surface area contributed by atoms with E-state index in [4.69, 9.17) is 0 Å². The molecule has 7 rings (SSSR count). The minimum Gasteiger partial charge on any atom is -0.277 e. The van der Waals surface area contributed by atoms with E-state index in [1.807, 2.05) is 121 Å². The molecular weight excluding hydrogens is 637 g/mol. The Labute approximate surface area is 308 Å². The van der Waals surface area contributed by atoms with Gasteiger partial charge in [-0.2, -0.15) is 0 Å². The second kappa shape index (κ2) is 14.9. The van der Waals surface area contributed by atoms with E-state index in [-0.39, 0.29) is 17.2 Å². The van der Waals surface area contributed by atoms with Crippen molar-refractivity contribution in [3.8, 4) is 0 Å². The first-order valence-electron chi connectivity index (χ1n) is 18.4. The smallest absolute Gasteiger partial charge is 0.262 e. The summed E-state index contributed by atoms with van der Waals surface area (Å²) in [5.74, 6) is -0.127. The second-order valence-corrected chi connectivity index (χ2v) is 14.4. The van der Waals surface area contributed by atoms with E-state index in [2.05, 4.69) is 52.0 Å². The highest BCUT2D eigenvalue weighted by Crippen LogP contribution is 2.45. The molecule has 1 aliphatic carbocycles. The summed E-state index contributed by atoms with van der Waals surface area (Å²) in [7, 11) is 0. The van der Waals surface area contributed by atoms with Gasteiger partial charge in [-0.1, -0.05) is 114 Å². The maximum absolute atomic E-state index is 14.2. The molecular formula is C48H46N2O2. The van der Waals surface area contributed by atoms with Crippen molar-refractivity contribution in [3.05, 3.63) is 190 Å². The van der Waals surface area contributed by atoms with Gasteiger partial charge < -0.3 is 0 Å². The first kappa shape index (κ1) is 34.7. The highest BCUT2D eigenvalue weighted by atomic mass is 16.2. The van der Waals surface area contributed by atoms with Gasteiger partial charge in [0.05, 0.1) is 0 Å². The molecule has 0 saturated heterocycles. The third-order valence-electron chi connectivity index (χ3n) is 10.7. The van der Waals surface area contributed by atoms with Crippen LogP contribution in [-0.4, -0.2) is 11.8 Å². The van der Waals surface area contributed by atoms with Crippen LogP contribution < -0.4 is 9.80 Å². The Morgan fingerprint density at radius 1 is 0.385 bits per heavy atom. The third kappa shape index (κ3) is 7.07. The number of benzene rings is 6. The molecule has 2 amide bonds. The van der Waals surface area contributed by atoms with Crippen LogP contribution in [0.4, 0.5) is 22.7 Å². The lowest BCUT2D eigenvalue weighted by atomic mass is 9.65. The van der Waals surface area contributed by atoms with Crippen LogP contribution in [0.5, 0.6) is 0 Å². The van der Waals surface area contributed by atoms with Crippen molar-refractivity contribution in [1.82, 2.24) is 0 Å². The van der Waals surface area contributed by atoms with Gasteiger partial charge in [0.25, 0.3) is 11.8 Å². The Morgan fingerprint density at radius 3 is 0.923 bits per heavy atom. The van der Waals surface area contributed by atoms with E-state index < -0.39 is 0 Å². The van der Waals surface area contributed by atoms with Crippen molar-refractivity contribution in [3.63, 3.8) is 0 Å². The fourth-order valence-corrected chi connectivity index (χ4v) is 7.56. The predicted molar refractivity (Wildman–Crippen MR) is 214 cm³/mol. The van der Waals surface area contributed by atoms with E-state index in [1.165, 1.54) is 17.5 Å². The molecule has 52 heavy (non-hydrogen) atoms. The Hall–Kier alpha value is -5.74. The third-order valence-corrected chi connectivity index (χ3v) is 10.7. The van der Waals surface area contributed by atoms with E-state index in [0.717, 1.165) is 70.7 Å². The Bertz CT molecular complexity index is 1900. The molecule has 0 aromatic heterocycles. The van der Waals surface area contributed by atoms with Crippen molar-refractivity contribution in [2.45, 2.75) is 65.2 Å². The van der Waals surface area contributed by atoms with Gasteiger partial charge in [0.1, 0.15) is 0 Å². The number of carbonyl (C=O) groups excluding carboxylic acids is 2. The summed E-state index contributed by atoms with van der Waals surface area (Å²) in [5, 5.41) is 0. The number of rotatable bonds is 8. The molecule has 0 atom stereocenters. The summed E-state index contributed by atoms with van der Waals surface area (Å²) < 4.78 is 0. The van der Waals surface area contributed by atoms with Crippen LogP contribution >= 0.6 is 0 Å². The van der Waals surface area contributed by atoms with E-state index in [1.54, 1.807) is 9.80 Å². The summed E-state index contributed by atoms with van der Waals surface area (Å²) >= 11 is 0. The molecule has 1 aliphatic rings. The van der Waals surface area contributed by atoms with Gasteiger partial charge in [-0.15, -0.1) is 0 Å². The molecule has 4 nitrogen and oxygen atoms in total. The lowest BCUT2D eigenvalue weighted by molar-refractivity contribution is 0.0991. The van der Waals surface area contributed by atoms with Crippen molar-refractivity contribution in [2.75, 3.05) is 9.80 Å². The summed E-state index contributed by atoms with van der Waals surface area (Å²) in [6.45, 7) is 8.22. The van der Waals surface area contributed by atoms with Gasteiger partial charge in [-0.25, -0.2) is 0 Å². The van der Waals surface area contributed by atoms with Gasteiger partial charge in [-0.3, -0.25) is 19.4 Å². The maximum atomic E-state index is 14.2. The van der Waals surface area contributed by atoms with Gasteiger partial charge in [0, 0.05) is 39.3 Å². The molecule has 1 saturated carbocycles. The van der Waals surface area contributed by atoms with Gasteiger partial charge >= 0.3 is 0 Å². The van der Waals surface area contributed by atoms with E-state index in [9.17, 15) is 9.59 Å². The lowest BCUT2D eigenvalue weighted by Gasteiger charge is -2.39. The molecule has 0 spiro atoms. The van der Waals surface area contributed by atoms with Crippen molar-refractivity contribution in [1.29, 1.82) is 0 Å². The Kier molecular flexibility index (Phi) is 9.91. The average molecular weight is 683 g/mol. The summed E-state index contributed by atoms with van der Waals surface area (Å²) in [6.07, 6.45) is 5.50. The van der Waals surface area contributed by atoms with Crippen LogP contribution in [0.3, 0.4) is 0 Å². The summed E-state index contributed by atoms with van der Waals surface area (Å²) in [4.78, 5) is 32.1. The van der Waals surface area contributed by atoms with Gasteiger partial charge in [0.2, 0.25) is 0 Å². The number of nitrogens with zero attached hydrogens (tertiary/aromatic N) is 2. The number of aryl methyl sites for hydroxylation is 4. The molecule has 0 N–H and O–H groups in total. The van der Waals surface area contributed by atoms with Crippen LogP contribution in [-0.2, 0) is 5.41 Å². The monoisotopic (exact) mass is 682 g/mol. The van der Waals surface area contributed by atoms with Crippen LogP contribution in [0, 0.1) is 27.7 Å². The number of hydrogen-bond acceptors (Lipinski definition) is 2. The quantitative estimate of drug-likeness (QED) is 0.160. The van der Waals surface area contributed by atoms with E-state index in [0.29, 0.717) is 11.1 Å². The molecule has 6 aromatic rings. The van der Waals surface area contributed by atoms with Crippen LogP contribution in [0.15, 0.2) is 146 Å². The maximum Gasteiger partial charge on any atom is 0.262 e. The fraction of sp³-hybridized carbons (Fsp3) is 0.208. The van der Waals surface area contributed by atoms with Gasteiger partial charge in [0.15, 0.2) is 0 Å². The number of carbonyl (C=O) groups is 2. The molecule has 1 fully saturated rings.